The Morgan fingerprint density at radius 2 is 1.44 bits per heavy atom. The molecule has 0 atom stereocenters. The summed E-state index contributed by atoms with van der Waals surface area (Å²) in [7, 11) is -2.79. The third kappa shape index (κ3) is 4.17. The van der Waals surface area contributed by atoms with Crippen molar-refractivity contribution in [1.82, 2.24) is 4.90 Å². The Bertz CT molecular complexity index is 1330. The van der Waals surface area contributed by atoms with Gasteiger partial charge in [0.05, 0.1) is 28.8 Å². The monoisotopic (exact) mass is 478 g/mol. The molecule has 3 aromatic carbocycles. The Morgan fingerprint density at radius 3 is 1.97 bits per heavy atom. The van der Waals surface area contributed by atoms with Crippen LogP contribution in [0.2, 0.25) is 0 Å². The van der Waals surface area contributed by atoms with Crippen LogP contribution in [0.5, 0.6) is 5.75 Å². The van der Waals surface area contributed by atoms with Crippen molar-refractivity contribution >= 4 is 33.4 Å². The van der Waals surface area contributed by atoms with E-state index in [1.54, 1.807) is 48.5 Å². The first-order chi connectivity index (χ1) is 16.2. The molecule has 0 aromatic heterocycles. The van der Waals surface area contributed by atoms with E-state index < -0.39 is 27.7 Å². The van der Waals surface area contributed by atoms with Crippen molar-refractivity contribution in [2.24, 2.45) is 0 Å². The van der Waals surface area contributed by atoms with Gasteiger partial charge >= 0.3 is 0 Å². The van der Waals surface area contributed by atoms with Crippen LogP contribution in [0.4, 0.5) is 5.69 Å². The summed E-state index contributed by atoms with van der Waals surface area (Å²) in [6, 6.07) is 18.5. The molecule has 0 N–H and O–H groups in total. The molecule has 0 aliphatic carbocycles. The highest BCUT2D eigenvalue weighted by atomic mass is 32.2. The normalized spacial score (nSPS) is 13.1. The second-order valence-electron chi connectivity index (χ2n) is 7.73. The van der Waals surface area contributed by atoms with Gasteiger partial charge in [-0.15, -0.1) is 0 Å². The minimum atomic E-state index is -4.26. The minimum absolute atomic E-state index is 0.0528. The van der Waals surface area contributed by atoms with Gasteiger partial charge in [0.15, 0.2) is 0 Å². The Labute approximate surface area is 197 Å². The summed E-state index contributed by atoms with van der Waals surface area (Å²) in [6.45, 7) is 1.58. The number of hydrogen-bond acceptors (Lipinski definition) is 6. The SMILES string of the molecule is COc1ccc(N(C(=O)CCN2C(=O)c3ccccc3C2=O)S(=O)(=O)c2ccc(C)cc2)cc1. The second kappa shape index (κ2) is 9.11. The standard InChI is InChI=1S/C25H22N2O6S/c1-17-7-13-20(14-8-17)34(31,32)27(18-9-11-19(33-2)12-10-18)23(28)15-16-26-24(29)21-5-3-4-6-22(21)25(26)30/h3-14H,15-16H2,1-2H3. The molecule has 0 spiro atoms. The van der Waals surface area contributed by atoms with Gasteiger partial charge in [-0.2, -0.15) is 0 Å². The lowest BCUT2D eigenvalue weighted by molar-refractivity contribution is -0.117. The first-order valence-electron chi connectivity index (χ1n) is 10.5. The van der Waals surface area contributed by atoms with Crippen LogP contribution in [0, 0.1) is 6.92 Å². The third-order valence-electron chi connectivity index (χ3n) is 5.52. The maximum atomic E-state index is 13.5. The number of ether oxygens (including phenoxy) is 1. The van der Waals surface area contributed by atoms with E-state index >= 15 is 0 Å². The van der Waals surface area contributed by atoms with E-state index in [4.69, 9.17) is 4.74 Å². The summed E-state index contributed by atoms with van der Waals surface area (Å²) in [5, 5.41) is 0. The molecule has 3 aromatic rings. The highest BCUT2D eigenvalue weighted by molar-refractivity contribution is 7.93. The Kier molecular flexibility index (Phi) is 6.21. The molecule has 9 heteroatoms. The number of benzene rings is 3. The van der Waals surface area contributed by atoms with Crippen molar-refractivity contribution in [3.8, 4) is 5.75 Å². The van der Waals surface area contributed by atoms with Crippen LogP contribution in [0.15, 0.2) is 77.7 Å². The molecule has 8 nitrogen and oxygen atoms in total. The number of fused-ring (bicyclic) bond motifs is 1. The first-order valence-corrected chi connectivity index (χ1v) is 11.9. The lowest BCUT2D eigenvalue weighted by Gasteiger charge is -2.24. The number of aryl methyl sites for hydroxylation is 1. The summed E-state index contributed by atoms with van der Waals surface area (Å²) in [6.07, 6.45) is -0.372. The zero-order valence-corrected chi connectivity index (χ0v) is 19.4. The third-order valence-corrected chi connectivity index (χ3v) is 7.28. The van der Waals surface area contributed by atoms with E-state index in [2.05, 4.69) is 0 Å². The van der Waals surface area contributed by atoms with Gasteiger partial charge in [-0.25, -0.2) is 12.7 Å². The smallest absolute Gasteiger partial charge is 0.270 e. The van der Waals surface area contributed by atoms with Gasteiger partial charge in [0.1, 0.15) is 5.75 Å². The van der Waals surface area contributed by atoms with Gasteiger partial charge in [0, 0.05) is 13.0 Å². The molecule has 3 amide bonds. The van der Waals surface area contributed by atoms with Crippen LogP contribution < -0.4 is 9.04 Å². The van der Waals surface area contributed by atoms with Crippen LogP contribution in [0.3, 0.4) is 0 Å². The second-order valence-corrected chi connectivity index (χ2v) is 9.52. The van der Waals surface area contributed by atoms with Crippen molar-refractivity contribution in [1.29, 1.82) is 0 Å². The quantitative estimate of drug-likeness (QED) is 0.483. The molecular formula is C25H22N2O6S. The molecular weight excluding hydrogens is 456 g/mol. The Morgan fingerprint density at radius 1 is 0.882 bits per heavy atom. The summed E-state index contributed by atoms with van der Waals surface area (Å²) in [5.41, 5.74) is 1.51. The van der Waals surface area contributed by atoms with Gasteiger partial charge < -0.3 is 4.74 Å². The molecule has 1 heterocycles. The lowest BCUT2D eigenvalue weighted by Crippen LogP contribution is -2.40. The van der Waals surface area contributed by atoms with E-state index in [1.165, 1.54) is 31.4 Å². The molecule has 1 aliphatic heterocycles. The van der Waals surface area contributed by atoms with Crippen LogP contribution in [0.1, 0.15) is 32.7 Å². The molecule has 34 heavy (non-hydrogen) atoms. The zero-order chi connectivity index (χ0) is 24.5. The van der Waals surface area contributed by atoms with Gasteiger partial charge in [-0.1, -0.05) is 29.8 Å². The van der Waals surface area contributed by atoms with E-state index in [0.717, 1.165) is 10.5 Å². The van der Waals surface area contributed by atoms with Crippen molar-refractivity contribution in [2.75, 3.05) is 18.0 Å². The van der Waals surface area contributed by atoms with Gasteiger partial charge in [0.25, 0.3) is 21.8 Å². The number of anilines is 1. The molecule has 0 bridgehead atoms. The highest BCUT2D eigenvalue weighted by Gasteiger charge is 2.37. The number of sulfonamides is 1. The summed E-state index contributed by atoms with van der Waals surface area (Å²) in [4.78, 5) is 39.5. The van der Waals surface area contributed by atoms with Crippen LogP contribution in [-0.4, -0.2) is 44.7 Å². The zero-order valence-electron chi connectivity index (χ0n) is 18.6. The molecule has 1 aliphatic rings. The number of amides is 3. The Balaban J connectivity index is 1.64. The lowest BCUT2D eigenvalue weighted by atomic mass is 10.1. The fraction of sp³-hybridized carbons (Fsp3) is 0.160. The predicted octanol–water partition coefficient (Wildman–Crippen LogP) is 3.41. The number of methoxy groups -OCH3 is 1. The largest absolute Gasteiger partial charge is 0.497 e. The number of carbonyl (C=O) groups is 3. The van der Waals surface area contributed by atoms with E-state index in [-0.39, 0.29) is 34.7 Å². The minimum Gasteiger partial charge on any atom is -0.497 e. The maximum Gasteiger partial charge on any atom is 0.270 e. The molecule has 0 fully saturated rings. The van der Waals surface area contributed by atoms with E-state index in [0.29, 0.717) is 10.1 Å². The number of hydrogen-bond donors (Lipinski definition) is 0. The predicted molar refractivity (Wildman–Crippen MR) is 125 cm³/mol. The maximum absolute atomic E-state index is 13.5. The van der Waals surface area contributed by atoms with Crippen LogP contribution in [-0.2, 0) is 14.8 Å². The first kappa shape index (κ1) is 23.2. The number of rotatable bonds is 7. The average Bonchev–Trinajstić information content (AvgIpc) is 3.08. The molecule has 0 saturated carbocycles. The van der Waals surface area contributed by atoms with Crippen LogP contribution in [0.25, 0.3) is 0 Å². The summed E-state index contributed by atoms with van der Waals surface area (Å²) in [5.74, 6) is -1.30. The van der Waals surface area contributed by atoms with Crippen molar-refractivity contribution in [3.63, 3.8) is 0 Å². The van der Waals surface area contributed by atoms with E-state index in [1.807, 2.05) is 6.92 Å². The summed E-state index contributed by atoms with van der Waals surface area (Å²) < 4.78 is 32.8. The highest BCUT2D eigenvalue weighted by Crippen LogP contribution is 2.28. The van der Waals surface area contributed by atoms with Gasteiger partial charge in [-0.3, -0.25) is 19.3 Å². The average molecular weight is 479 g/mol. The number of imide groups is 1. The fourth-order valence-electron chi connectivity index (χ4n) is 3.70. The topological polar surface area (TPSA) is 101 Å². The number of carbonyl (C=O) groups excluding carboxylic acids is 3. The van der Waals surface area contributed by atoms with E-state index in [9.17, 15) is 22.8 Å². The van der Waals surface area contributed by atoms with Crippen molar-refractivity contribution in [2.45, 2.75) is 18.2 Å². The molecule has 4 rings (SSSR count). The Hall–Kier alpha value is -3.98. The van der Waals surface area contributed by atoms with Crippen molar-refractivity contribution in [3.05, 3.63) is 89.5 Å². The van der Waals surface area contributed by atoms with Crippen molar-refractivity contribution < 1.29 is 27.5 Å². The molecule has 0 unspecified atom stereocenters. The summed E-state index contributed by atoms with van der Waals surface area (Å²) >= 11 is 0. The fourth-order valence-corrected chi connectivity index (χ4v) is 5.15. The molecule has 0 radical (unpaired) electrons. The van der Waals surface area contributed by atoms with Gasteiger partial charge in [0.2, 0.25) is 5.91 Å². The molecule has 174 valence electrons. The van der Waals surface area contributed by atoms with Crippen LogP contribution >= 0.6 is 0 Å². The van der Waals surface area contributed by atoms with Gasteiger partial charge in [-0.05, 0) is 55.5 Å². The molecule has 0 saturated heterocycles. The number of nitrogens with zero attached hydrogens (tertiary/aromatic N) is 2.